The molecule has 0 bridgehead atoms. The summed E-state index contributed by atoms with van der Waals surface area (Å²) in [6.07, 6.45) is 5.28. The van der Waals surface area contributed by atoms with Crippen LogP contribution in [0.2, 0.25) is 0 Å². The molecule has 130 valence electrons. The van der Waals surface area contributed by atoms with Gasteiger partial charge in [0.05, 0.1) is 18.6 Å². The summed E-state index contributed by atoms with van der Waals surface area (Å²) in [6, 6.07) is 5.65. The van der Waals surface area contributed by atoms with Crippen LogP contribution in [-0.4, -0.2) is 41.9 Å². The largest absolute Gasteiger partial charge is 0.378 e. The molecule has 2 atom stereocenters. The van der Waals surface area contributed by atoms with Crippen LogP contribution in [0.3, 0.4) is 0 Å². The van der Waals surface area contributed by atoms with E-state index in [4.69, 9.17) is 4.74 Å². The number of ketones is 1. The van der Waals surface area contributed by atoms with E-state index in [0.29, 0.717) is 13.0 Å². The standard InChI is InChI=1S/C20H27NO3/c1-14-8-9-15(2)17(12-14)20(23)18-7-5-10-21(18)19(22)13-16-6-3-4-11-24-16/h8-9,12,16,18H,3-7,10-11,13H2,1-2H3. The molecule has 1 aromatic rings. The van der Waals surface area contributed by atoms with Crippen molar-refractivity contribution in [1.82, 2.24) is 4.90 Å². The topological polar surface area (TPSA) is 46.6 Å². The third-order valence-electron chi connectivity index (χ3n) is 5.21. The first-order valence-corrected chi connectivity index (χ1v) is 9.09. The van der Waals surface area contributed by atoms with E-state index < -0.39 is 0 Å². The summed E-state index contributed by atoms with van der Waals surface area (Å²) in [7, 11) is 0. The Kier molecular flexibility index (Phi) is 5.34. The van der Waals surface area contributed by atoms with Crippen molar-refractivity contribution >= 4 is 11.7 Å². The van der Waals surface area contributed by atoms with Crippen molar-refractivity contribution < 1.29 is 14.3 Å². The highest BCUT2D eigenvalue weighted by Gasteiger charge is 2.35. The molecule has 2 heterocycles. The summed E-state index contributed by atoms with van der Waals surface area (Å²) < 4.78 is 5.69. The fourth-order valence-corrected chi connectivity index (χ4v) is 3.80. The summed E-state index contributed by atoms with van der Waals surface area (Å²) in [6.45, 7) is 5.40. The van der Waals surface area contributed by atoms with Crippen molar-refractivity contribution in [3.63, 3.8) is 0 Å². The Balaban J connectivity index is 1.71. The van der Waals surface area contributed by atoms with Gasteiger partial charge in [0.25, 0.3) is 0 Å². The maximum Gasteiger partial charge on any atom is 0.225 e. The molecule has 0 saturated carbocycles. The van der Waals surface area contributed by atoms with Gasteiger partial charge in [-0.1, -0.05) is 17.7 Å². The van der Waals surface area contributed by atoms with E-state index in [9.17, 15) is 9.59 Å². The molecule has 0 radical (unpaired) electrons. The van der Waals surface area contributed by atoms with Gasteiger partial charge in [0.15, 0.2) is 5.78 Å². The number of nitrogens with zero attached hydrogens (tertiary/aromatic N) is 1. The van der Waals surface area contributed by atoms with Gasteiger partial charge in [-0.15, -0.1) is 0 Å². The van der Waals surface area contributed by atoms with E-state index >= 15 is 0 Å². The van der Waals surface area contributed by atoms with Gasteiger partial charge in [-0.25, -0.2) is 0 Å². The number of carbonyl (C=O) groups is 2. The lowest BCUT2D eigenvalue weighted by Crippen LogP contribution is -2.42. The maximum absolute atomic E-state index is 13.0. The van der Waals surface area contributed by atoms with Crippen LogP contribution in [0, 0.1) is 13.8 Å². The highest BCUT2D eigenvalue weighted by molar-refractivity contribution is 6.03. The van der Waals surface area contributed by atoms with Crippen LogP contribution in [-0.2, 0) is 9.53 Å². The minimum absolute atomic E-state index is 0.0308. The van der Waals surface area contributed by atoms with Crippen molar-refractivity contribution in [2.24, 2.45) is 0 Å². The summed E-state index contributed by atoms with van der Waals surface area (Å²) in [5.41, 5.74) is 2.82. The zero-order chi connectivity index (χ0) is 17.1. The monoisotopic (exact) mass is 329 g/mol. The van der Waals surface area contributed by atoms with Crippen molar-refractivity contribution in [1.29, 1.82) is 0 Å². The molecule has 1 aromatic carbocycles. The van der Waals surface area contributed by atoms with Gasteiger partial charge in [-0.2, -0.15) is 0 Å². The molecule has 2 saturated heterocycles. The molecule has 2 unspecified atom stereocenters. The molecular weight excluding hydrogens is 302 g/mol. The lowest BCUT2D eigenvalue weighted by Gasteiger charge is -2.28. The van der Waals surface area contributed by atoms with Crippen molar-refractivity contribution in [2.45, 2.75) is 64.5 Å². The van der Waals surface area contributed by atoms with Gasteiger partial charge in [0.1, 0.15) is 0 Å². The van der Waals surface area contributed by atoms with Gasteiger partial charge >= 0.3 is 0 Å². The van der Waals surface area contributed by atoms with Crippen LogP contribution in [0.4, 0.5) is 0 Å². The molecular formula is C20H27NO3. The molecule has 3 rings (SSSR count). The molecule has 4 heteroatoms. The highest BCUT2D eigenvalue weighted by atomic mass is 16.5. The van der Waals surface area contributed by atoms with Gasteiger partial charge in [0, 0.05) is 18.7 Å². The minimum Gasteiger partial charge on any atom is -0.378 e. The first-order valence-electron chi connectivity index (χ1n) is 9.09. The summed E-state index contributed by atoms with van der Waals surface area (Å²) in [4.78, 5) is 27.5. The first-order chi connectivity index (χ1) is 11.6. The lowest BCUT2D eigenvalue weighted by atomic mass is 9.96. The SMILES string of the molecule is Cc1ccc(C)c(C(=O)C2CCCN2C(=O)CC2CCCCO2)c1. The predicted molar refractivity (Wildman–Crippen MR) is 93.2 cm³/mol. The molecule has 0 N–H and O–H groups in total. The van der Waals surface area contributed by atoms with E-state index in [1.165, 1.54) is 0 Å². The van der Waals surface area contributed by atoms with E-state index in [1.54, 1.807) is 4.90 Å². The van der Waals surface area contributed by atoms with Crippen LogP contribution in [0.15, 0.2) is 18.2 Å². The number of Topliss-reactive ketones (excluding diaryl/α,β-unsaturated/α-hetero) is 1. The van der Waals surface area contributed by atoms with Crippen LogP contribution in [0.5, 0.6) is 0 Å². The average Bonchev–Trinajstić information content (AvgIpc) is 3.07. The third kappa shape index (κ3) is 3.69. The van der Waals surface area contributed by atoms with Crippen LogP contribution >= 0.6 is 0 Å². The zero-order valence-corrected chi connectivity index (χ0v) is 14.7. The quantitative estimate of drug-likeness (QED) is 0.795. The maximum atomic E-state index is 13.0. The first kappa shape index (κ1) is 17.2. The number of rotatable bonds is 4. The smallest absolute Gasteiger partial charge is 0.225 e. The Bertz CT molecular complexity index is 619. The Labute approximate surface area is 144 Å². The van der Waals surface area contributed by atoms with Gasteiger partial charge in [0.2, 0.25) is 5.91 Å². The second-order valence-corrected chi connectivity index (χ2v) is 7.12. The fourth-order valence-electron chi connectivity index (χ4n) is 3.80. The van der Waals surface area contributed by atoms with E-state index in [0.717, 1.165) is 55.4 Å². The Hall–Kier alpha value is -1.68. The van der Waals surface area contributed by atoms with Gasteiger partial charge in [-0.05, 0) is 57.6 Å². The van der Waals surface area contributed by atoms with Crippen molar-refractivity contribution in [3.8, 4) is 0 Å². The van der Waals surface area contributed by atoms with E-state index in [1.807, 2.05) is 32.0 Å². The number of aryl methyl sites for hydroxylation is 2. The number of benzene rings is 1. The molecule has 2 aliphatic rings. The Morgan fingerprint density at radius 2 is 2.00 bits per heavy atom. The summed E-state index contributed by atoms with van der Waals surface area (Å²) in [5.74, 6) is 0.162. The van der Waals surface area contributed by atoms with Crippen LogP contribution in [0.25, 0.3) is 0 Å². The number of carbonyl (C=O) groups excluding carboxylic acids is 2. The lowest BCUT2D eigenvalue weighted by molar-refractivity contribution is -0.135. The van der Waals surface area contributed by atoms with Crippen molar-refractivity contribution in [2.75, 3.05) is 13.2 Å². The molecule has 24 heavy (non-hydrogen) atoms. The Morgan fingerprint density at radius 3 is 2.75 bits per heavy atom. The fraction of sp³-hybridized carbons (Fsp3) is 0.600. The normalized spacial score (nSPS) is 24.2. The molecule has 4 nitrogen and oxygen atoms in total. The molecule has 0 spiro atoms. The highest BCUT2D eigenvalue weighted by Crippen LogP contribution is 2.26. The van der Waals surface area contributed by atoms with Crippen LogP contribution < -0.4 is 0 Å². The molecule has 2 fully saturated rings. The third-order valence-corrected chi connectivity index (χ3v) is 5.21. The summed E-state index contributed by atoms with van der Waals surface area (Å²) >= 11 is 0. The number of amides is 1. The molecule has 2 aliphatic heterocycles. The molecule has 0 aromatic heterocycles. The van der Waals surface area contributed by atoms with E-state index in [-0.39, 0.29) is 23.8 Å². The number of ether oxygens (including phenoxy) is 1. The Morgan fingerprint density at radius 1 is 1.17 bits per heavy atom. The van der Waals surface area contributed by atoms with E-state index in [2.05, 4.69) is 0 Å². The number of hydrogen-bond acceptors (Lipinski definition) is 3. The second kappa shape index (κ2) is 7.47. The second-order valence-electron chi connectivity index (χ2n) is 7.12. The summed E-state index contributed by atoms with van der Waals surface area (Å²) in [5, 5.41) is 0. The number of hydrogen-bond donors (Lipinski definition) is 0. The van der Waals surface area contributed by atoms with Crippen LogP contribution in [0.1, 0.15) is 60.0 Å². The van der Waals surface area contributed by atoms with Gasteiger partial charge in [-0.3, -0.25) is 9.59 Å². The van der Waals surface area contributed by atoms with Crippen molar-refractivity contribution in [3.05, 3.63) is 34.9 Å². The zero-order valence-electron chi connectivity index (χ0n) is 14.7. The van der Waals surface area contributed by atoms with Gasteiger partial charge < -0.3 is 9.64 Å². The molecule has 1 amide bonds. The number of likely N-dealkylation sites (tertiary alicyclic amines) is 1. The molecule has 0 aliphatic carbocycles. The minimum atomic E-state index is -0.304. The average molecular weight is 329 g/mol. The predicted octanol–water partition coefficient (Wildman–Crippen LogP) is 3.44.